The molecular formula is C20H25NO3. The van der Waals surface area contributed by atoms with Crippen LogP contribution < -0.4 is 4.90 Å². The summed E-state index contributed by atoms with van der Waals surface area (Å²) in [4.78, 5) is 26.3. The molecule has 1 atom stereocenters. The molecule has 0 aromatic heterocycles. The zero-order valence-corrected chi connectivity index (χ0v) is 14.5. The molecule has 0 fully saturated rings. The fraction of sp³-hybridized carbons (Fsp3) is 0.500. The molecule has 1 aromatic rings. The number of ketones is 1. The molecule has 0 saturated heterocycles. The summed E-state index contributed by atoms with van der Waals surface area (Å²) in [6.45, 7) is 3.55. The van der Waals surface area contributed by atoms with Crippen molar-refractivity contribution in [2.45, 2.75) is 64.8 Å². The van der Waals surface area contributed by atoms with Gasteiger partial charge in [0.1, 0.15) is 0 Å². The van der Waals surface area contributed by atoms with E-state index >= 15 is 0 Å². The second-order valence-electron chi connectivity index (χ2n) is 6.81. The molecule has 1 heterocycles. The Morgan fingerprint density at radius 2 is 2.00 bits per heavy atom. The number of rotatable bonds is 6. The lowest BCUT2D eigenvalue weighted by Crippen LogP contribution is -2.36. The van der Waals surface area contributed by atoms with Crippen molar-refractivity contribution in [3.05, 3.63) is 40.7 Å². The third-order valence-electron chi connectivity index (χ3n) is 5.14. The molecule has 4 nitrogen and oxygen atoms in total. The van der Waals surface area contributed by atoms with Crippen LogP contribution in [0.2, 0.25) is 0 Å². The number of benzene rings is 1. The van der Waals surface area contributed by atoms with Crippen molar-refractivity contribution in [2.75, 3.05) is 4.90 Å². The third-order valence-corrected chi connectivity index (χ3v) is 5.14. The highest BCUT2D eigenvalue weighted by molar-refractivity contribution is 6.15. The summed E-state index contributed by atoms with van der Waals surface area (Å²) in [5.41, 5.74) is 3.70. The summed E-state index contributed by atoms with van der Waals surface area (Å²) in [6, 6.07) is 5.74. The van der Waals surface area contributed by atoms with E-state index in [1.54, 1.807) is 4.90 Å². The number of amides is 1. The number of aryl methyl sites for hydroxylation is 2. The van der Waals surface area contributed by atoms with Crippen LogP contribution in [0.1, 0.15) is 57.1 Å². The normalized spacial score (nSPS) is 20.0. The highest BCUT2D eigenvalue weighted by Gasteiger charge is 2.42. The first-order valence-corrected chi connectivity index (χ1v) is 8.94. The molecule has 128 valence electrons. The van der Waals surface area contributed by atoms with Crippen LogP contribution >= 0.6 is 0 Å². The van der Waals surface area contributed by atoms with E-state index in [1.807, 2.05) is 6.07 Å². The van der Waals surface area contributed by atoms with Gasteiger partial charge in [-0.2, -0.15) is 0 Å². The van der Waals surface area contributed by atoms with Crippen molar-refractivity contribution in [1.82, 2.24) is 0 Å². The number of aliphatic hydroxyl groups excluding tert-OH is 1. The standard InChI is InChI=1S/C20H25NO3/c1-3-4-5-9-17-18(13(2)22)19(23)20(24)21(17)16-11-10-14-7-6-8-15(14)12-16/h10-12,17,23H,3-9H2,1-2H3. The topological polar surface area (TPSA) is 57.6 Å². The monoisotopic (exact) mass is 327 g/mol. The molecule has 0 saturated carbocycles. The zero-order chi connectivity index (χ0) is 17.3. The third kappa shape index (κ3) is 2.85. The molecule has 1 aliphatic heterocycles. The maximum absolute atomic E-state index is 12.6. The Morgan fingerprint density at radius 1 is 1.25 bits per heavy atom. The van der Waals surface area contributed by atoms with Gasteiger partial charge in [0.2, 0.25) is 0 Å². The minimum atomic E-state index is -0.445. The average Bonchev–Trinajstić information content (AvgIpc) is 3.10. The van der Waals surface area contributed by atoms with Gasteiger partial charge in [0.05, 0.1) is 11.6 Å². The molecule has 1 N–H and O–H groups in total. The molecule has 0 spiro atoms. The summed E-state index contributed by atoms with van der Waals surface area (Å²) in [5, 5.41) is 10.2. The lowest BCUT2D eigenvalue weighted by atomic mass is 9.98. The van der Waals surface area contributed by atoms with Gasteiger partial charge in [-0.15, -0.1) is 0 Å². The average molecular weight is 327 g/mol. The van der Waals surface area contributed by atoms with Gasteiger partial charge in [-0.05, 0) is 55.9 Å². The number of hydrogen-bond acceptors (Lipinski definition) is 3. The van der Waals surface area contributed by atoms with E-state index in [0.29, 0.717) is 6.42 Å². The smallest absolute Gasteiger partial charge is 0.294 e. The van der Waals surface area contributed by atoms with Crippen molar-refractivity contribution >= 4 is 17.4 Å². The Labute approximate surface area is 143 Å². The van der Waals surface area contributed by atoms with Crippen LogP contribution in [0, 0.1) is 0 Å². The lowest BCUT2D eigenvalue weighted by Gasteiger charge is -2.27. The lowest BCUT2D eigenvalue weighted by molar-refractivity contribution is -0.117. The van der Waals surface area contributed by atoms with E-state index < -0.39 is 5.91 Å². The highest BCUT2D eigenvalue weighted by Crippen LogP contribution is 2.35. The van der Waals surface area contributed by atoms with Crippen LogP contribution in [0.5, 0.6) is 0 Å². The molecule has 1 amide bonds. The van der Waals surface area contributed by atoms with E-state index in [9.17, 15) is 14.7 Å². The Bertz CT molecular complexity index is 705. The molecule has 24 heavy (non-hydrogen) atoms. The van der Waals surface area contributed by atoms with Crippen molar-refractivity contribution in [2.24, 2.45) is 0 Å². The minimum Gasteiger partial charge on any atom is -0.503 e. The van der Waals surface area contributed by atoms with Gasteiger partial charge in [-0.1, -0.05) is 32.3 Å². The summed E-state index contributed by atoms with van der Waals surface area (Å²) in [5.74, 6) is -1.03. The van der Waals surface area contributed by atoms with E-state index in [-0.39, 0.29) is 23.2 Å². The van der Waals surface area contributed by atoms with Crippen LogP contribution in [-0.2, 0) is 22.4 Å². The number of unbranched alkanes of at least 4 members (excludes halogenated alkanes) is 2. The number of aliphatic hydroxyl groups is 1. The van der Waals surface area contributed by atoms with Gasteiger partial charge in [0.25, 0.3) is 5.91 Å². The van der Waals surface area contributed by atoms with Crippen LogP contribution in [0.15, 0.2) is 29.5 Å². The van der Waals surface area contributed by atoms with E-state index in [4.69, 9.17) is 0 Å². The molecule has 3 rings (SSSR count). The van der Waals surface area contributed by atoms with Gasteiger partial charge in [-0.3, -0.25) is 14.5 Å². The summed E-state index contributed by atoms with van der Waals surface area (Å²) < 4.78 is 0. The minimum absolute atomic E-state index is 0.217. The second kappa shape index (κ2) is 6.80. The molecule has 4 heteroatoms. The molecule has 1 unspecified atom stereocenters. The van der Waals surface area contributed by atoms with Crippen LogP contribution in [-0.4, -0.2) is 22.8 Å². The number of anilines is 1. The molecule has 0 radical (unpaired) electrons. The number of nitrogens with zero attached hydrogens (tertiary/aromatic N) is 1. The Balaban J connectivity index is 1.95. The highest BCUT2D eigenvalue weighted by atomic mass is 16.3. The Morgan fingerprint density at radius 3 is 2.71 bits per heavy atom. The van der Waals surface area contributed by atoms with Crippen molar-refractivity contribution < 1.29 is 14.7 Å². The number of fused-ring (bicyclic) bond motifs is 1. The summed E-state index contributed by atoms with van der Waals surface area (Å²) in [7, 11) is 0. The first kappa shape index (κ1) is 16.7. The van der Waals surface area contributed by atoms with Crippen molar-refractivity contribution in [1.29, 1.82) is 0 Å². The van der Waals surface area contributed by atoms with Crippen molar-refractivity contribution in [3.8, 4) is 0 Å². The molecular weight excluding hydrogens is 302 g/mol. The summed E-state index contributed by atoms with van der Waals surface area (Å²) >= 11 is 0. The van der Waals surface area contributed by atoms with Crippen LogP contribution in [0.3, 0.4) is 0 Å². The Hall–Kier alpha value is -2.10. The number of hydrogen-bond donors (Lipinski definition) is 1. The number of carbonyl (C=O) groups is 2. The molecule has 0 bridgehead atoms. The SMILES string of the molecule is CCCCCC1C(C(C)=O)=C(O)C(=O)N1c1ccc2c(c1)CCC2. The van der Waals surface area contributed by atoms with E-state index in [0.717, 1.165) is 44.2 Å². The molecule has 1 aromatic carbocycles. The fourth-order valence-electron chi connectivity index (χ4n) is 3.93. The van der Waals surface area contributed by atoms with Gasteiger partial charge >= 0.3 is 0 Å². The Kier molecular flexibility index (Phi) is 4.74. The van der Waals surface area contributed by atoms with Crippen molar-refractivity contribution in [3.63, 3.8) is 0 Å². The molecule has 2 aliphatic rings. The zero-order valence-electron chi connectivity index (χ0n) is 14.5. The van der Waals surface area contributed by atoms with Crippen LogP contribution in [0.4, 0.5) is 5.69 Å². The number of carbonyl (C=O) groups excluding carboxylic acids is 2. The van der Waals surface area contributed by atoms with Gasteiger partial charge in [0.15, 0.2) is 11.5 Å². The first-order chi connectivity index (χ1) is 11.5. The maximum Gasteiger partial charge on any atom is 0.294 e. The van der Waals surface area contributed by atoms with Gasteiger partial charge in [-0.25, -0.2) is 0 Å². The second-order valence-corrected chi connectivity index (χ2v) is 6.81. The number of Topliss-reactive ketones (excluding diaryl/α,β-unsaturated/α-hetero) is 1. The quantitative estimate of drug-likeness (QED) is 0.807. The fourth-order valence-corrected chi connectivity index (χ4v) is 3.93. The maximum atomic E-state index is 12.6. The predicted octanol–water partition coefficient (Wildman–Crippen LogP) is 3.87. The van der Waals surface area contributed by atoms with E-state index in [1.165, 1.54) is 18.1 Å². The molecule has 1 aliphatic carbocycles. The van der Waals surface area contributed by atoms with Gasteiger partial charge in [0, 0.05) is 5.69 Å². The summed E-state index contributed by atoms with van der Waals surface area (Å²) in [6.07, 6.45) is 7.03. The van der Waals surface area contributed by atoms with Crippen LogP contribution in [0.25, 0.3) is 0 Å². The largest absolute Gasteiger partial charge is 0.503 e. The predicted molar refractivity (Wildman–Crippen MR) is 94.2 cm³/mol. The van der Waals surface area contributed by atoms with E-state index in [2.05, 4.69) is 19.1 Å². The van der Waals surface area contributed by atoms with Gasteiger partial charge < -0.3 is 5.11 Å². The first-order valence-electron chi connectivity index (χ1n) is 8.94.